The number of esters is 1. The van der Waals surface area contributed by atoms with E-state index >= 15 is 0 Å². The van der Waals surface area contributed by atoms with Gasteiger partial charge < -0.3 is 25.2 Å². The molecule has 2 amide bonds. The molecule has 0 heterocycles. The number of benzene rings is 3. The molecule has 3 aromatic carbocycles. The Balaban J connectivity index is 1.73. The molecule has 256 valence electrons. The zero-order valence-corrected chi connectivity index (χ0v) is 28.0. The summed E-state index contributed by atoms with van der Waals surface area (Å²) < 4.78 is 11.8. The van der Waals surface area contributed by atoms with Gasteiger partial charge in [0.1, 0.15) is 19.0 Å². The van der Waals surface area contributed by atoms with Gasteiger partial charge in [-0.1, -0.05) is 84.9 Å². The molecule has 0 spiro atoms. The molecule has 0 aromatic heterocycles. The van der Waals surface area contributed by atoms with Crippen LogP contribution in [0.3, 0.4) is 0 Å². The van der Waals surface area contributed by atoms with Crippen LogP contribution >= 0.6 is 0 Å². The summed E-state index contributed by atoms with van der Waals surface area (Å²) in [7, 11) is 0. The predicted octanol–water partition coefficient (Wildman–Crippen LogP) is 6.13. The van der Waals surface area contributed by atoms with Gasteiger partial charge in [-0.05, 0) is 74.3 Å². The average molecular weight is 655 g/mol. The molecule has 3 N–H and O–H groups in total. The van der Waals surface area contributed by atoms with Crippen molar-refractivity contribution in [2.45, 2.75) is 70.6 Å². The van der Waals surface area contributed by atoms with Gasteiger partial charge in [0, 0.05) is 12.5 Å². The first kappa shape index (κ1) is 37.8. The zero-order chi connectivity index (χ0) is 34.6. The molecule has 4 atom stereocenters. The third-order valence-corrected chi connectivity index (χ3v) is 7.98. The highest BCUT2D eigenvalue weighted by Gasteiger charge is 2.26. The molecule has 0 aliphatic heterocycles. The Morgan fingerprint density at radius 2 is 1.46 bits per heavy atom. The minimum Gasteiger partial charge on any atom is -0.489 e. The predicted molar refractivity (Wildman–Crippen MR) is 189 cm³/mol. The van der Waals surface area contributed by atoms with Gasteiger partial charge in [0.2, 0.25) is 11.8 Å². The topological polar surface area (TPSA) is 114 Å². The van der Waals surface area contributed by atoms with Crippen LogP contribution in [0.4, 0.5) is 0 Å². The summed E-state index contributed by atoms with van der Waals surface area (Å²) in [6.07, 6.45) is 6.90. The van der Waals surface area contributed by atoms with Crippen LogP contribution in [-0.4, -0.2) is 48.2 Å². The first-order valence-corrected chi connectivity index (χ1v) is 16.7. The lowest BCUT2D eigenvalue weighted by atomic mass is 9.94. The molecule has 8 nitrogen and oxygen atoms in total. The summed E-state index contributed by atoms with van der Waals surface area (Å²) in [5, 5.41) is 15.0. The molecule has 48 heavy (non-hydrogen) atoms. The largest absolute Gasteiger partial charge is 0.489 e. The summed E-state index contributed by atoms with van der Waals surface area (Å²) in [6.45, 7) is 9.46. The van der Waals surface area contributed by atoms with E-state index < -0.39 is 18.0 Å². The third-order valence-electron chi connectivity index (χ3n) is 7.98. The molecule has 8 heteroatoms. The lowest BCUT2D eigenvalue weighted by molar-refractivity contribution is -0.150. The highest BCUT2D eigenvalue weighted by Crippen LogP contribution is 2.20. The Hall–Kier alpha value is -4.69. The van der Waals surface area contributed by atoms with Crippen LogP contribution in [0, 0.1) is 11.8 Å². The lowest BCUT2D eigenvalue weighted by Crippen LogP contribution is -2.45. The number of aliphatic hydroxyl groups excluding tert-OH is 1. The van der Waals surface area contributed by atoms with E-state index in [-0.39, 0.29) is 49.8 Å². The fourth-order valence-corrected chi connectivity index (χ4v) is 5.32. The van der Waals surface area contributed by atoms with Crippen LogP contribution < -0.4 is 15.4 Å². The number of rotatable bonds is 22. The number of aliphatic hydroxyl groups is 1. The summed E-state index contributed by atoms with van der Waals surface area (Å²) >= 11 is 0. The van der Waals surface area contributed by atoms with Crippen molar-refractivity contribution in [3.8, 4) is 5.75 Å². The summed E-state index contributed by atoms with van der Waals surface area (Å²) in [6, 6.07) is 26.4. The molecule has 0 aliphatic rings. The molecule has 0 radical (unpaired) electrons. The van der Waals surface area contributed by atoms with E-state index in [1.165, 1.54) is 0 Å². The smallest absolute Gasteiger partial charge is 0.309 e. The van der Waals surface area contributed by atoms with Crippen molar-refractivity contribution < 1.29 is 29.0 Å². The first-order valence-electron chi connectivity index (χ1n) is 16.7. The monoisotopic (exact) mass is 654 g/mol. The normalized spacial score (nSPS) is 13.3. The molecule has 0 bridgehead atoms. The van der Waals surface area contributed by atoms with E-state index in [1.54, 1.807) is 13.0 Å². The Morgan fingerprint density at radius 3 is 2.08 bits per heavy atom. The van der Waals surface area contributed by atoms with Gasteiger partial charge in [-0.15, -0.1) is 13.2 Å². The fourth-order valence-electron chi connectivity index (χ4n) is 5.32. The van der Waals surface area contributed by atoms with Crippen molar-refractivity contribution in [1.29, 1.82) is 0 Å². The molecule has 0 saturated heterocycles. The van der Waals surface area contributed by atoms with Gasteiger partial charge in [-0.25, -0.2) is 0 Å². The second kappa shape index (κ2) is 21.2. The zero-order valence-electron chi connectivity index (χ0n) is 28.0. The van der Waals surface area contributed by atoms with Crippen molar-refractivity contribution in [2.75, 3.05) is 13.2 Å². The summed E-state index contributed by atoms with van der Waals surface area (Å²) in [5.74, 6) is -1.28. The van der Waals surface area contributed by atoms with E-state index in [9.17, 15) is 19.5 Å². The van der Waals surface area contributed by atoms with Crippen LogP contribution in [0.25, 0.3) is 0 Å². The van der Waals surface area contributed by atoms with Gasteiger partial charge >= 0.3 is 5.97 Å². The average Bonchev–Trinajstić information content (AvgIpc) is 3.10. The van der Waals surface area contributed by atoms with E-state index in [1.807, 2.05) is 91.0 Å². The number of hydrogen-bond donors (Lipinski definition) is 3. The van der Waals surface area contributed by atoms with Crippen molar-refractivity contribution in [3.63, 3.8) is 0 Å². The third kappa shape index (κ3) is 14.0. The number of allylic oxidation sites excluding steroid dienone is 2. The quantitative estimate of drug-likeness (QED) is 0.0683. The van der Waals surface area contributed by atoms with E-state index in [0.29, 0.717) is 31.6 Å². The lowest BCUT2D eigenvalue weighted by Gasteiger charge is -2.24. The molecule has 0 fully saturated rings. The maximum atomic E-state index is 13.5. The Bertz CT molecular complexity index is 1410. The van der Waals surface area contributed by atoms with Crippen LogP contribution in [-0.2, 0) is 38.6 Å². The van der Waals surface area contributed by atoms with Crippen molar-refractivity contribution in [3.05, 3.63) is 127 Å². The van der Waals surface area contributed by atoms with E-state index in [4.69, 9.17) is 9.47 Å². The highest BCUT2D eigenvalue weighted by atomic mass is 16.5. The Kier molecular flexibility index (Phi) is 16.7. The molecule has 0 saturated carbocycles. The molecule has 3 rings (SSSR count). The van der Waals surface area contributed by atoms with Crippen LogP contribution in [0.1, 0.15) is 55.7 Å². The number of amides is 2. The second-order valence-corrected chi connectivity index (χ2v) is 12.1. The first-order chi connectivity index (χ1) is 23.3. The number of nitrogens with one attached hydrogen (secondary N) is 2. The van der Waals surface area contributed by atoms with Gasteiger partial charge in [0.05, 0.1) is 24.5 Å². The molecular formula is C40H50N2O6. The van der Waals surface area contributed by atoms with Gasteiger partial charge in [0.15, 0.2) is 0 Å². The molecule has 0 aliphatic carbocycles. The summed E-state index contributed by atoms with van der Waals surface area (Å²) in [5.41, 5.74) is 3.04. The van der Waals surface area contributed by atoms with E-state index in [0.717, 1.165) is 29.5 Å². The number of carbonyl (C=O) groups excluding carboxylic acids is 3. The highest BCUT2D eigenvalue weighted by molar-refractivity contribution is 5.86. The maximum absolute atomic E-state index is 13.5. The summed E-state index contributed by atoms with van der Waals surface area (Å²) in [4.78, 5) is 39.6. The molecule has 0 unspecified atom stereocenters. The van der Waals surface area contributed by atoms with Crippen molar-refractivity contribution >= 4 is 17.8 Å². The number of hydrogen-bond acceptors (Lipinski definition) is 6. The minimum atomic E-state index is -0.676. The van der Waals surface area contributed by atoms with Crippen molar-refractivity contribution in [1.82, 2.24) is 10.6 Å². The number of ether oxygens (including phenoxy) is 2. The van der Waals surface area contributed by atoms with E-state index in [2.05, 4.69) is 23.8 Å². The maximum Gasteiger partial charge on any atom is 0.309 e. The molecular weight excluding hydrogens is 604 g/mol. The van der Waals surface area contributed by atoms with Gasteiger partial charge in [-0.3, -0.25) is 14.4 Å². The molecule has 3 aromatic rings. The SMILES string of the molecule is C=CCCC[C@H](Cc1ccccc1)C(=O)OC[C@H](Cc1ccc(OCc2ccccc2)cc1)NC(=O)[C@H](CC=C)CC(=O)N[C@H](C)CO. The van der Waals surface area contributed by atoms with Gasteiger partial charge in [0.25, 0.3) is 0 Å². The standard InChI is InChI=1S/C40H50N2O6/c1-4-6-9-19-35(24-31-15-10-7-11-16-31)40(46)48-29-36(42-39(45)34(14-5-2)26-38(44)41-30(3)27-43)25-32-20-22-37(23-21-32)47-28-33-17-12-8-13-18-33/h4-5,7-8,10-13,15-18,20-23,30,34-36,43H,1-2,6,9,14,19,24-29H2,3H3,(H,41,44)(H,42,45)/t30-,34-,35-,36+/m1/s1. The van der Waals surface area contributed by atoms with Crippen molar-refractivity contribution in [2.24, 2.45) is 11.8 Å². The Morgan fingerprint density at radius 1 is 0.812 bits per heavy atom. The van der Waals surface area contributed by atoms with Crippen LogP contribution in [0.2, 0.25) is 0 Å². The van der Waals surface area contributed by atoms with Gasteiger partial charge in [-0.2, -0.15) is 0 Å². The number of carbonyl (C=O) groups is 3. The Labute approximate surface area is 285 Å². The minimum absolute atomic E-state index is 0.0296. The van der Waals surface area contributed by atoms with Crippen LogP contribution in [0.15, 0.2) is 110 Å². The number of unbranched alkanes of at least 4 members (excludes halogenated alkanes) is 1. The second-order valence-electron chi connectivity index (χ2n) is 12.1. The fraction of sp³-hybridized carbons (Fsp3) is 0.375. The van der Waals surface area contributed by atoms with Crippen LogP contribution in [0.5, 0.6) is 5.75 Å².